The van der Waals surface area contributed by atoms with Crippen molar-refractivity contribution in [2.45, 2.75) is 18.8 Å². The second-order valence-corrected chi connectivity index (χ2v) is 6.81. The molecule has 1 aromatic carbocycles. The number of nitrogens with zero attached hydrogens (tertiary/aromatic N) is 2. The fourth-order valence-electron chi connectivity index (χ4n) is 2.59. The third kappa shape index (κ3) is 3.28. The predicted molar refractivity (Wildman–Crippen MR) is 97.1 cm³/mol. The zero-order valence-corrected chi connectivity index (χ0v) is 15.1. The van der Waals surface area contributed by atoms with Gasteiger partial charge in [-0.2, -0.15) is 0 Å². The summed E-state index contributed by atoms with van der Waals surface area (Å²) in [5, 5.41) is 9.19. The Labute approximate surface area is 153 Å². The second-order valence-electron chi connectivity index (χ2n) is 5.95. The van der Waals surface area contributed by atoms with E-state index in [1.807, 2.05) is 5.38 Å². The number of ether oxygens (including phenoxy) is 2. The van der Waals surface area contributed by atoms with Crippen molar-refractivity contribution in [3.05, 3.63) is 41.0 Å². The van der Waals surface area contributed by atoms with Crippen LogP contribution in [0.2, 0.25) is 0 Å². The molecule has 0 bridgehead atoms. The first-order valence-corrected chi connectivity index (χ1v) is 9.02. The molecule has 4 rings (SSSR count). The molecule has 3 aromatic rings. The Bertz CT molecular complexity index is 946. The van der Waals surface area contributed by atoms with Gasteiger partial charge in [-0.1, -0.05) is 5.16 Å². The average molecular weight is 371 g/mol. The minimum Gasteiger partial charge on any atom is -0.497 e. The lowest BCUT2D eigenvalue weighted by atomic mass is 10.1. The van der Waals surface area contributed by atoms with E-state index >= 15 is 0 Å². The van der Waals surface area contributed by atoms with Gasteiger partial charge in [0.1, 0.15) is 11.5 Å². The SMILES string of the molecule is COc1ccc(OC)c(-c2cc(C(=O)Nc3nc(C4CC4)cs3)no2)c1. The summed E-state index contributed by atoms with van der Waals surface area (Å²) < 4.78 is 15.9. The maximum atomic E-state index is 12.4. The summed E-state index contributed by atoms with van der Waals surface area (Å²) in [5.74, 6) is 1.86. The smallest absolute Gasteiger partial charge is 0.279 e. The quantitative estimate of drug-likeness (QED) is 0.706. The summed E-state index contributed by atoms with van der Waals surface area (Å²) >= 11 is 1.42. The molecule has 1 fully saturated rings. The molecular weight excluding hydrogens is 354 g/mol. The number of hydrogen-bond acceptors (Lipinski definition) is 7. The second kappa shape index (κ2) is 6.80. The van der Waals surface area contributed by atoms with Crippen LogP contribution >= 0.6 is 11.3 Å². The molecule has 0 aliphatic heterocycles. The molecular formula is C18H17N3O4S. The number of methoxy groups -OCH3 is 2. The molecule has 7 nitrogen and oxygen atoms in total. The summed E-state index contributed by atoms with van der Waals surface area (Å²) in [5.41, 5.74) is 1.88. The number of hydrogen-bond donors (Lipinski definition) is 1. The highest BCUT2D eigenvalue weighted by atomic mass is 32.1. The van der Waals surface area contributed by atoms with Gasteiger partial charge < -0.3 is 14.0 Å². The molecule has 0 spiro atoms. The van der Waals surface area contributed by atoms with Gasteiger partial charge in [0.05, 0.1) is 25.5 Å². The van der Waals surface area contributed by atoms with Crippen LogP contribution in [-0.2, 0) is 0 Å². The number of nitrogens with one attached hydrogen (secondary N) is 1. The molecule has 1 aliphatic rings. The molecule has 2 heterocycles. The van der Waals surface area contributed by atoms with Crippen LogP contribution in [0.1, 0.15) is 34.9 Å². The summed E-state index contributed by atoms with van der Waals surface area (Å²) in [6.07, 6.45) is 2.35. The molecule has 1 amide bonds. The lowest BCUT2D eigenvalue weighted by molar-refractivity contribution is 0.101. The third-order valence-corrected chi connectivity index (χ3v) is 4.93. The van der Waals surface area contributed by atoms with Crippen molar-refractivity contribution >= 4 is 22.4 Å². The molecule has 1 saturated carbocycles. The van der Waals surface area contributed by atoms with Crippen LogP contribution in [0, 0.1) is 0 Å². The Balaban J connectivity index is 1.54. The Kier molecular flexibility index (Phi) is 4.34. The third-order valence-electron chi connectivity index (χ3n) is 4.15. The highest BCUT2D eigenvalue weighted by Crippen LogP contribution is 2.41. The van der Waals surface area contributed by atoms with E-state index in [9.17, 15) is 4.79 Å². The van der Waals surface area contributed by atoms with E-state index in [1.165, 1.54) is 24.2 Å². The van der Waals surface area contributed by atoms with Crippen molar-refractivity contribution in [1.82, 2.24) is 10.1 Å². The first-order valence-electron chi connectivity index (χ1n) is 8.14. The zero-order chi connectivity index (χ0) is 18.1. The standard InChI is InChI=1S/C18H17N3O4S/c1-23-11-5-6-15(24-2)12(7-11)16-8-13(21-25-16)17(22)20-18-19-14(9-26-18)10-3-4-10/h5-10H,3-4H2,1-2H3,(H,19,20,22). The zero-order valence-electron chi connectivity index (χ0n) is 14.3. The Hall–Kier alpha value is -2.87. The van der Waals surface area contributed by atoms with E-state index in [4.69, 9.17) is 14.0 Å². The molecule has 0 radical (unpaired) electrons. The van der Waals surface area contributed by atoms with Crippen molar-refractivity contribution in [2.75, 3.05) is 19.5 Å². The van der Waals surface area contributed by atoms with Crippen LogP contribution in [0.4, 0.5) is 5.13 Å². The fourth-order valence-corrected chi connectivity index (χ4v) is 3.37. The molecule has 8 heteroatoms. The number of carbonyl (C=O) groups excluding carboxylic acids is 1. The summed E-state index contributed by atoms with van der Waals surface area (Å²) in [4.78, 5) is 16.9. The maximum absolute atomic E-state index is 12.4. The maximum Gasteiger partial charge on any atom is 0.279 e. The van der Waals surface area contributed by atoms with E-state index in [0.717, 1.165) is 5.69 Å². The fraction of sp³-hybridized carbons (Fsp3) is 0.278. The van der Waals surface area contributed by atoms with Crippen LogP contribution in [0.15, 0.2) is 34.2 Å². The van der Waals surface area contributed by atoms with Gasteiger partial charge in [0.15, 0.2) is 16.6 Å². The van der Waals surface area contributed by atoms with Gasteiger partial charge in [-0.05, 0) is 31.0 Å². The van der Waals surface area contributed by atoms with Gasteiger partial charge in [0.2, 0.25) is 0 Å². The van der Waals surface area contributed by atoms with Crippen molar-refractivity contribution in [3.63, 3.8) is 0 Å². The molecule has 1 N–H and O–H groups in total. The van der Waals surface area contributed by atoms with E-state index in [1.54, 1.807) is 38.5 Å². The predicted octanol–water partition coefficient (Wildman–Crippen LogP) is 3.95. The summed E-state index contributed by atoms with van der Waals surface area (Å²) in [6, 6.07) is 6.89. The van der Waals surface area contributed by atoms with Gasteiger partial charge in [0, 0.05) is 17.4 Å². The normalized spacial score (nSPS) is 13.5. The van der Waals surface area contributed by atoms with Crippen molar-refractivity contribution in [3.8, 4) is 22.8 Å². The van der Waals surface area contributed by atoms with Crippen molar-refractivity contribution < 1.29 is 18.8 Å². The Morgan fingerprint density at radius 1 is 1.27 bits per heavy atom. The number of benzene rings is 1. The van der Waals surface area contributed by atoms with Crippen LogP contribution < -0.4 is 14.8 Å². The molecule has 2 aromatic heterocycles. The highest BCUT2D eigenvalue weighted by Gasteiger charge is 2.26. The lowest BCUT2D eigenvalue weighted by Gasteiger charge is -2.07. The average Bonchev–Trinajstić information content (AvgIpc) is 3.21. The van der Waals surface area contributed by atoms with Crippen molar-refractivity contribution in [1.29, 1.82) is 0 Å². The summed E-state index contributed by atoms with van der Waals surface area (Å²) in [6.45, 7) is 0. The number of anilines is 1. The Morgan fingerprint density at radius 3 is 2.85 bits per heavy atom. The van der Waals surface area contributed by atoms with Crippen LogP contribution in [-0.4, -0.2) is 30.3 Å². The Morgan fingerprint density at radius 2 is 2.12 bits per heavy atom. The molecule has 0 atom stereocenters. The molecule has 0 saturated heterocycles. The van der Waals surface area contributed by atoms with Gasteiger partial charge >= 0.3 is 0 Å². The largest absolute Gasteiger partial charge is 0.497 e. The van der Waals surface area contributed by atoms with Crippen LogP contribution in [0.5, 0.6) is 11.5 Å². The summed E-state index contributed by atoms with van der Waals surface area (Å²) in [7, 11) is 3.14. The first-order chi connectivity index (χ1) is 12.7. The van der Waals surface area contributed by atoms with Crippen molar-refractivity contribution in [2.24, 2.45) is 0 Å². The van der Waals surface area contributed by atoms with Gasteiger partial charge in [-0.15, -0.1) is 11.3 Å². The number of amides is 1. The molecule has 0 unspecified atom stereocenters. The monoisotopic (exact) mass is 371 g/mol. The van der Waals surface area contributed by atoms with Gasteiger partial charge in [-0.3, -0.25) is 10.1 Å². The number of rotatable bonds is 6. The molecule has 134 valence electrons. The number of thiazole rings is 1. The van der Waals surface area contributed by atoms with E-state index in [2.05, 4.69) is 15.5 Å². The topological polar surface area (TPSA) is 86.5 Å². The first kappa shape index (κ1) is 16.6. The van der Waals surface area contributed by atoms with Crippen LogP contribution in [0.3, 0.4) is 0 Å². The number of aromatic nitrogens is 2. The number of carbonyl (C=O) groups is 1. The lowest BCUT2D eigenvalue weighted by Crippen LogP contribution is -2.11. The van der Waals surface area contributed by atoms with Gasteiger partial charge in [0.25, 0.3) is 5.91 Å². The molecule has 26 heavy (non-hydrogen) atoms. The van der Waals surface area contributed by atoms with Crippen LogP contribution in [0.25, 0.3) is 11.3 Å². The minimum absolute atomic E-state index is 0.174. The van der Waals surface area contributed by atoms with E-state index < -0.39 is 0 Å². The minimum atomic E-state index is -0.362. The highest BCUT2D eigenvalue weighted by molar-refractivity contribution is 7.14. The molecule has 1 aliphatic carbocycles. The van der Waals surface area contributed by atoms with E-state index in [0.29, 0.717) is 33.9 Å². The van der Waals surface area contributed by atoms with E-state index in [-0.39, 0.29) is 11.6 Å². The van der Waals surface area contributed by atoms with Gasteiger partial charge in [-0.25, -0.2) is 4.98 Å².